The first-order chi connectivity index (χ1) is 9.61. The van der Waals surface area contributed by atoms with Crippen molar-refractivity contribution in [3.63, 3.8) is 0 Å². The standard InChI is InChI=1S/C14H21N3O3/c1-2-15-8-3-9-16-14(20)17-12-6-4-11(5-7-12)10-13(18)19/h4-7,15H,2-3,8-10H2,1H3,(H,18,19)(H2,16,17,20). The predicted octanol–water partition coefficient (Wildman–Crippen LogP) is 1.43. The van der Waals surface area contributed by atoms with E-state index >= 15 is 0 Å². The zero-order valence-corrected chi connectivity index (χ0v) is 11.6. The van der Waals surface area contributed by atoms with Gasteiger partial charge in [0.05, 0.1) is 6.42 Å². The van der Waals surface area contributed by atoms with Crippen LogP contribution in [0.3, 0.4) is 0 Å². The Morgan fingerprint density at radius 1 is 1.15 bits per heavy atom. The monoisotopic (exact) mass is 279 g/mol. The lowest BCUT2D eigenvalue weighted by molar-refractivity contribution is -0.136. The van der Waals surface area contributed by atoms with Crippen LogP contribution in [0.25, 0.3) is 0 Å². The molecule has 0 aromatic heterocycles. The Labute approximate surface area is 118 Å². The van der Waals surface area contributed by atoms with Gasteiger partial charge in [0.2, 0.25) is 0 Å². The SMILES string of the molecule is CCNCCCNC(=O)Nc1ccc(CC(=O)O)cc1. The van der Waals surface area contributed by atoms with E-state index in [0.717, 1.165) is 19.5 Å². The molecule has 0 heterocycles. The molecule has 6 heteroatoms. The van der Waals surface area contributed by atoms with Crippen molar-refractivity contribution < 1.29 is 14.7 Å². The molecule has 110 valence electrons. The average molecular weight is 279 g/mol. The molecule has 0 saturated heterocycles. The topological polar surface area (TPSA) is 90.5 Å². The number of hydrogen-bond donors (Lipinski definition) is 4. The summed E-state index contributed by atoms with van der Waals surface area (Å²) in [5.74, 6) is -0.871. The number of carboxylic acid groups (broad SMARTS) is 1. The lowest BCUT2D eigenvalue weighted by atomic mass is 10.1. The second-order valence-electron chi connectivity index (χ2n) is 4.36. The summed E-state index contributed by atoms with van der Waals surface area (Å²) in [6.45, 7) is 4.44. The third kappa shape index (κ3) is 6.75. The molecule has 1 aromatic carbocycles. The zero-order valence-electron chi connectivity index (χ0n) is 11.6. The van der Waals surface area contributed by atoms with Crippen molar-refractivity contribution >= 4 is 17.7 Å². The Balaban J connectivity index is 2.29. The van der Waals surface area contributed by atoms with Crippen LogP contribution >= 0.6 is 0 Å². The molecule has 1 rings (SSSR count). The fraction of sp³-hybridized carbons (Fsp3) is 0.429. The van der Waals surface area contributed by atoms with Gasteiger partial charge in [-0.15, -0.1) is 0 Å². The highest BCUT2D eigenvalue weighted by Gasteiger charge is 2.03. The molecule has 0 aliphatic rings. The minimum Gasteiger partial charge on any atom is -0.481 e. The number of urea groups is 1. The van der Waals surface area contributed by atoms with Crippen LogP contribution in [0.2, 0.25) is 0 Å². The highest BCUT2D eigenvalue weighted by atomic mass is 16.4. The van der Waals surface area contributed by atoms with E-state index in [1.165, 1.54) is 0 Å². The zero-order chi connectivity index (χ0) is 14.8. The van der Waals surface area contributed by atoms with Crippen molar-refractivity contribution in [3.05, 3.63) is 29.8 Å². The fourth-order valence-electron chi connectivity index (χ4n) is 1.65. The van der Waals surface area contributed by atoms with E-state index < -0.39 is 5.97 Å². The van der Waals surface area contributed by atoms with Gasteiger partial charge in [-0.3, -0.25) is 4.79 Å². The Morgan fingerprint density at radius 2 is 1.85 bits per heavy atom. The fourth-order valence-corrected chi connectivity index (χ4v) is 1.65. The first-order valence-electron chi connectivity index (χ1n) is 6.68. The van der Waals surface area contributed by atoms with Gasteiger partial charge in [0.1, 0.15) is 0 Å². The third-order valence-electron chi connectivity index (χ3n) is 2.63. The summed E-state index contributed by atoms with van der Waals surface area (Å²) in [5, 5.41) is 17.3. The van der Waals surface area contributed by atoms with E-state index in [2.05, 4.69) is 16.0 Å². The molecular weight excluding hydrogens is 258 g/mol. The maximum Gasteiger partial charge on any atom is 0.319 e. The van der Waals surface area contributed by atoms with E-state index in [1.807, 2.05) is 6.92 Å². The summed E-state index contributed by atoms with van der Waals surface area (Å²) < 4.78 is 0. The minimum atomic E-state index is -0.871. The maximum absolute atomic E-state index is 11.6. The van der Waals surface area contributed by atoms with Gasteiger partial charge in [-0.1, -0.05) is 19.1 Å². The number of nitrogens with one attached hydrogen (secondary N) is 3. The lowest BCUT2D eigenvalue weighted by Crippen LogP contribution is -2.31. The van der Waals surface area contributed by atoms with Crippen LogP contribution < -0.4 is 16.0 Å². The number of amides is 2. The van der Waals surface area contributed by atoms with Gasteiger partial charge in [-0.2, -0.15) is 0 Å². The number of aliphatic carboxylic acids is 1. The molecule has 1 aromatic rings. The van der Waals surface area contributed by atoms with Crippen LogP contribution in [-0.2, 0) is 11.2 Å². The summed E-state index contributed by atoms with van der Waals surface area (Å²) in [7, 11) is 0. The Bertz CT molecular complexity index is 432. The Morgan fingerprint density at radius 3 is 2.45 bits per heavy atom. The smallest absolute Gasteiger partial charge is 0.319 e. The molecule has 0 bridgehead atoms. The van der Waals surface area contributed by atoms with Gasteiger partial charge in [0.15, 0.2) is 0 Å². The number of carbonyl (C=O) groups is 2. The molecule has 6 nitrogen and oxygen atoms in total. The van der Waals surface area contributed by atoms with Crippen molar-refractivity contribution in [1.29, 1.82) is 0 Å². The van der Waals surface area contributed by atoms with Gasteiger partial charge in [0, 0.05) is 12.2 Å². The first-order valence-corrected chi connectivity index (χ1v) is 6.68. The molecule has 0 aliphatic carbocycles. The van der Waals surface area contributed by atoms with Gasteiger partial charge >= 0.3 is 12.0 Å². The van der Waals surface area contributed by atoms with Crippen LogP contribution in [0, 0.1) is 0 Å². The quantitative estimate of drug-likeness (QED) is 0.542. The molecule has 20 heavy (non-hydrogen) atoms. The van der Waals surface area contributed by atoms with Gasteiger partial charge in [-0.05, 0) is 37.2 Å². The highest BCUT2D eigenvalue weighted by molar-refractivity contribution is 5.89. The largest absolute Gasteiger partial charge is 0.481 e. The summed E-state index contributed by atoms with van der Waals surface area (Å²) in [4.78, 5) is 22.1. The summed E-state index contributed by atoms with van der Waals surface area (Å²) in [6, 6.07) is 6.50. The number of carbonyl (C=O) groups excluding carboxylic acids is 1. The van der Waals surface area contributed by atoms with Crippen molar-refractivity contribution in [2.75, 3.05) is 25.0 Å². The van der Waals surface area contributed by atoms with E-state index in [9.17, 15) is 9.59 Å². The van der Waals surface area contributed by atoms with Gasteiger partial charge in [-0.25, -0.2) is 4.79 Å². The number of rotatable bonds is 8. The van der Waals surface area contributed by atoms with Gasteiger partial charge < -0.3 is 21.1 Å². The molecule has 0 atom stereocenters. The van der Waals surface area contributed by atoms with Crippen molar-refractivity contribution in [1.82, 2.24) is 10.6 Å². The summed E-state index contributed by atoms with van der Waals surface area (Å²) >= 11 is 0. The Kier molecular flexibility index (Phi) is 7.13. The number of benzene rings is 1. The minimum absolute atomic E-state index is 0.0170. The molecule has 0 spiro atoms. The van der Waals surface area contributed by atoms with Crippen LogP contribution in [0.4, 0.5) is 10.5 Å². The first kappa shape index (κ1) is 16.0. The lowest BCUT2D eigenvalue weighted by Gasteiger charge is -2.08. The highest BCUT2D eigenvalue weighted by Crippen LogP contribution is 2.09. The summed E-state index contributed by atoms with van der Waals surface area (Å²) in [5.41, 5.74) is 1.34. The van der Waals surface area contributed by atoms with Crippen LogP contribution in [-0.4, -0.2) is 36.7 Å². The number of hydrogen-bond acceptors (Lipinski definition) is 3. The Hall–Kier alpha value is -2.08. The van der Waals surface area contributed by atoms with Crippen LogP contribution in [0.5, 0.6) is 0 Å². The van der Waals surface area contributed by atoms with Crippen LogP contribution in [0.15, 0.2) is 24.3 Å². The molecule has 0 saturated carbocycles. The van der Waals surface area contributed by atoms with Crippen molar-refractivity contribution in [2.24, 2.45) is 0 Å². The van der Waals surface area contributed by atoms with E-state index in [0.29, 0.717) is 17.8 Å². The van der Waals surface area contributed by atoms with Crippen molar-refractivity contribution in [2.45, 2.75) is 19.8 Å². The van der Waals surface area contributed by atoms with E-state index in [-0.39, 0.29) is 12.5 Å². The van der Waals surface area contributed by atoms with E-state index in [4.69, 9.17) is 5.11 Å². The molecule has 0 unspecified atom stereocenters. The predicted molar refractivity (Wildman–Crippen MR) is 78.0 cm³/mol. The number of carboxylic acids is 1. The summed E-state index contributed by atoms with van der Waals surface area (Å²) in [6.07, 6.45) is 0.857. The second-order valence-corrected chi connectivity index (χ2v) is 4.36. The molecule has 0 radical (unpaired) electrons. The van der Waals surface area contributed by atoms with Crippen molar-refractivity contribution in [3.8, 4) is 0 Å². The second kappa shape index (κ2) is 8.92. The van der Waals surface area contributed by atoms with Gasteiger partial charge in [0.25, 0.3) is 0 Å². The van der Waals surface area contributed by atoms with E-state index in [1.54, 1.807) is 24.3 Å². The number of anilines is 1. The average Bonchev–Trinajstić information content (AvgIpc) is 2.40. The maximum atomic E-state index is 11.6. The third-order valence-corrected chi connectivity index (χ3v) is 2.63. The molecule has 0 fully saturated rings. The van der Waals surface area contributed by atoms with Crippen LogP contribution in [0.1, 0.15) is 18.9 Å². The molecule has 4 N–H and O–H groups in total. The normalized spacial score (nSPS) is 10.1. The molecular formula is C14H21N3O3. The molecule has 0 aliphatic heterocycles. The molecule has 2 amide bonds.